The summed E-state index contributed by atoms with van der Waals surface area (Å²) in [5.74, 6) is 0.331. The molecular weight excluding hydrogens is 224 g/mol. The summed E-state index contributed by atoms with van der Waals surface area (Å²) in [5, 5.41) is 0. The van der Waals surface area contributed by atoms with Crippen molar-refractivity contribution in [3.63, 3.8) is 0 Å². The number of rotatable bonds is 3. The van der Waals surface area contributed by atoms with Crippen LogP contribution in [0.5, 0.6) is 5.75 Å². The zero-order valence-corrected chi connectivity index (χ0v) is 9.26. The topological polar surface area (TPSA) is 43.4 Å². The second-order valence-electron chi connectivity index (χ2n) is 3.21. The van der Waals surface area contributed by atoms with Crippen molar-refractivity contribution in [3.8, 4) is 16.9 Å². The Labute approximate surface area is 95.5 Å². The molecule has 4 heteroatoms. The minimum Gasteiger partial charge on any atom is -0.384 e. The molecule has 0 saturated heterocycles. The molecule has 0 N–H and O–H groups in total. The minimum absolute atomic E-state index is 0.331. The first-order chi connectivity index (χ1) is 7.75. The van der Waals surface area contributed by atoms with Gasteiger partial charge < -0.3 is 4.18 Å². The van der Waals surface area contributed by atoms with Crippen LogP contribution in [0, 0.1) is 0 Å². The van der Waals surface area contributed by atoms with E-state index in [-0.39, 0.29) is 0 Å². The monoisotopic (exact) mass is 234 g/mol. The fraction of sp³-hybridized carbons (Fsp3) is 0. The molecule has 0 unspecified atom stereocenters. The molecule has 16 heavy (non-hydrogen) atoms. The number of benzene rings is 2. The van der Waals surface area contributed by atoms with Gasteiger partial charge in [0.25, 0.3) is 11.0 Å². The second-order valence-corrected chi connectivity index (χ2v) is 3.84. The highest BCUT2D eigenvalue weighted by molar-refractivity contribution is 7.67. The number of thiol groups is 1. The average Bonchev–Trinajstić information content (AvgIpc) is 2.30. The van der Waals surface area contributed by atoms with Gasteiger partial charge in [0.1, 0.15) is 5.75 Å². The summed E-state index contributed by atoms with van der Waals surface area (Å²) in [7, 11) is -2.86. The summed E-state index contributed by atoms with van der Waals surface area (Å²) < 4.78 is 25.5. The molecule has 0 saturated carbocycles. The van der Waals surface area contributed by atoms with Crippen LogP contribution in [0.25, 0.3) is 11.1 Å². The van der Waals surface area contributed by atoms with Crippen LogP contribution in [-0.2, 0) is 11.0 Å². The van der Waals surface area contributed by atoms with Crippen molar-refractivity contribution in [1.82, 2.24) is 0 Å². The Balaban J connectivity index is 2.36. The molecule has 0 heterocycles. The van der Waals surface area contributed by atoms with E-state index in [9.17, 15) is 8.42 Å². The standard InChI is InChI=1S/C12H10O3S/c13-16(14)15-12-8-4-7-11(9-12)10-5-2-1-3-6-10/h1-9,16H. The van der Waals surface area contributed by atoms with Crippen LogP contribution in [0.2, 0.25) is 0 Å². The SMILES string of the molecule is O=[SH](=O)Oc1cccc(-c2ccccc2)c1. The van der Waals surface area contributed by atoms with E-state index < -0.39 is 11.0 Å². The first-order valence-electron chi connectivity index (χ1n) is 4.73. The van der Waals surface area contributed by atoms with E-state index in [2.05, 4.69) is 4.18 Å². The van der Waals surface area contributed by atoms with Crippen LogP contribution < -0.4 is 4.18 Å². The van der Waals surface area contributed by atoms with Crippen molar-refractivity contribution in [1.29, 1.82) is 0 Å². The summed E-state index contributed by atoms with van der Waals surface area (Å²) in [5.41, 5.74) is 1.95. The molecule has 0 aromatic heterocycles. The highest BCUT2D eigenvalue weighted by Crippen LogP contribution is 2.23. The van der Waals surface area contributed by atoms with E-state index in [1.54, 1.807) is 18.2 Å². The fourth-order valence-corrected chi connectivity index (χ4v) is 1.73. The maximum atomic E-state index is 10.4. The Morgan fingerprint density at radius 2 is 1.50 bits per heavy atom. The van der Waals surface area contributed by atoms with Gasteiger partial charge in [-0.05, 0) is 23.3 Å². The van der Waals surface area contributed by atoms with Gasteiger partial charge in [0.05, 0.1) is 0 Å². The van der Waals surface area contributed by atoms with Crippen molar-refractivity contribution in [2.45, 2.75) is 0 Å². The molecule has 2 aromatic carbocycles. The molecule has 0 amide bonds. The predicted molar refractivity (Wildman–Crippen MR) is 62.8 cm³/mol. The highest BCUT2D eigenvalue weighted by Gasteiger charge is 1.99. The molecule has 82 valence electrons. The van der Waals surface area contributed by atoms with Gasteiger partial charge in [0.2, 0.25) is 0 Å². The Kier molecular flexibility index (Phi) is 3.22. The van der Waals surface area contributed by atoms with E-state index >= 15 is 0 Å². The van der Waals surface area contributed by atoms with Gasteiger partial charge in [-0.2, -0.15) is 8.42 Å². The normalized spacial score (nSPS) is 10.3. The highest BCUT2D eigenvalue weighted by atomic mass is 32.2. The maximum absolute atomic E-state index is 10.4. The summed E-state index contributed by atoms with van der Waals surface area (Å²) in [4.78, 5) is 0. The number of hydrogen-bond donors (Lipinski definition) is 1. The van der Waals surface area contributed by atoms with Crippen molar-refractivity contribution in [3.05, 3.63) is 54.6 Å². The van der Waals surface area contributed by atoms with Crippen LogP contribution in [0.4, 0.5) is 0 Å². The summed E-state index contributed by atoms with van der Waals surface area (Å²) in [6, 6.07) is 16.7. The molecule has 2 aromatic rings. The molecule has 0 atom stereocenters. The third kappa shape index (κ3) is 2.61. The lowest BCUT2D eigenvalue weighted by Gasteiger charge is -2.03. The van der Waals surface area contributed by atoms with Gasteiger partial charge >= 0.3 is 0 Å². The van der Waals surface area contributed by atoms with Gasteiger partial charge in [0, 0.05) is 0 Å². The van der Waals surface area contributed by atoms with Crippen LogP contribution >= 0.6 is 0 Å². The van der Waals surface area contributed by atoms with E-state index in [1.807, 2.05) is 36.4 Å². The Hall–Kier alpha value is -1.81. The summed E-state index contributed by atoms with van der Waals surface area (Å²) in [6.07, 6.45) is 0. The Morgan fingerprint density at radius 1 is 0.812 bits per heavy atom. The van der Waals surface area contributed by atoms with Crippen molar-refractivity contribution in [2.75, 3.05) is 0 Å². The van der Waals surface area contributed by atoms with E-state index in [0.717, 1.165) is 11.1 Å². The smallest absolute Gasteiger partial charge is 0.299 e. The summed E-state index contributed by atoms with van der Waals surface area (Å²) in [6.45, 7) is 0. The lowest BCUT2D eigenvalue weighted by Crippen LogP contribution is -1.89. The van der Waals surface area contributed by atoms with Gasteiger partial charge in [-0.3, -0.25) is 0 Å². The lowest BCUT2D eigenvalue weighted by atomic mass is 10.1. The van der Waals surface area contributed by atoms with Crippen LogP contribution in [0.15, 0.2) is 54.6 Å². The van der Waals surface area contributed by atoms with Crippen LogP contribution in [0.1, 0.15) is 0 Å². The summed E-state index contributed by atoms with van der Waals surface area (Å²) >= 11 is 0. The Bertz CT molecular complexity index is 539. The van der Waals surface area contributed by atoms with E-state index in [0.29, 0.717) is 5.75 Å². The zero-order chi connectivity index (χ0) is 11.4. The minimum atomic E-state index is -2.86. The molecule has 0 fully saturated rings. The molecule has 0 bridgehead atoms. The second kappa shape index (κ2) is 4.81. The quantitative estimate of drug-likeness (QED) is 0.828. The largest absolute Gasteiger partial charge is 0.384 e. The average molecular weight is 234 g/mol. The molecule has 0 aliphatic carbocycles. The van der Waals surface area contributed by atoms with Gasteiger partial charge in [-0.1, -0.05) is 42.5 Å². The third-order valence-electron chi connectivity index (χ3n) is 2.12. The predicted octanol–water partition coefficient (Wildman–Crippen LogP) is 2.26. The molecule has 0 spiro atoms. The molecular formula is C12H10O3S. The first kappa shape index (κ1) is 10.7. The first-order valence-corrected chi connectivity index (χ1v) is 5.83. The molecule has 0 aliphatic rings. The molecule has 3 nitrogen and oxygen atoms in total. The maximum Gasteiger partial charge on any atom is 0.299 e. The van der Waals surface area contributed by atoms with Gasteiger partial charge in [0.15, 0.2) is 0 Å². The molecule has 0 aliphatic heterocycles. The van der Waals surface area contributed by atoms with E-state index in [4.69, 9.17) is 0 Å². The van der Waals surface area contributed by atoms with Crippen molar-refractivity contribution < 1.29 is 12.6 Å². The van der Waals surface area contributed by atoms with E-state index in [1.165, 1.54) is 0 Å². The van der Waals surface area contributed by atoms with Crippen molar-refractivity contribution in [2.24, 2.45) is 0 Å². The zero-order valence-electron chi connectivity index (χ0n) is 8.37. The molecule has 2 rings (SSSR count). The third-order valence-corrected chi connectivity index (χ3v) is 2.48. The van der Waals surface area contributed by atoms with Gasteiger partial charge in [-0.25, -0.2) is 0 Å². The Morgan fingerprint density at radius 3 is 2.19 bits per heavy atom. The van der Waals surface area contributed by atoms with Crippen LogP contribution in [-0.4, -0.2) is 8.42 Å². The fourth-order valence-electron chi connectivity index (χ4n) is 1.45. The lowest BCUT2D eigenvalue weighted by molar-refractivity contribution is 0.511. The van der Waals surface area contributed by atoms with Gasteiger partial charge in [-0.15, -0.1) is 0 Å². The van der Waals surface area contributed by atoms with Crippen molar-refractivity contribution >= 4 is 11.0 Å². The molecule has 0 radical (unpaired) electrons. The number of hydrogen-bond acceptors (Lipinski definition) is 3. The van der Waals surface area contributed by atoms with Crippen LogP contribution in [0.3, 0.4) is 0 Å².